The highest BCUT2D eigenvalue weighted by Crippen LogP contribution is 2.35. The molecule has 1 heterocycles. The lowest BCUT2D eigenvalue weighted by molar-refractivity contribution is 0.261. The van der Waals surface area contributed by atoms with Crippen LogP contribution in [0.1, 0.15) is 31.7 Å². The molecule has 1 aromatic rings. The number of halogens is 3. The second-order valence-electron chi connectivity index (χ2n) is 5.25. The van der Waals surface area contributed by atoms with E-state index in [0.29, 0.717) is 29.6 Å². The van der Waals surface area contributed by atoms with Crippen LogP contribution in [-0.2, 0) is 15.9 Å². The molecule has 0 radical (unpaired) electrons. The Balaban J connectivity index is 2.40. The van der Waals surface area contributed by atoms with Crippen molar-refractivity contribution in [2.24, 2.45) is 5.92 Å². The first-order valence-electron chi connectivity index (χ1n) is 6.94. The molecule has 0 bridgehead atoms. The summed E-state index contributed by atoms with van der Waals surface area (Å²) in [6.45, 7) is 3.17. The zero-order valence-corrected chi connectivity index (χ0v) is 14.9. The predicted molar refractivity (Wildman–Crippen MR) is 87.8 cm³/mol. The van der Waals surface area contributed by atoms with Crippen molar-refractivity contribution in [3.63, 3.8) is 0 Å². The van der Waals surface area contributed by atoms with Crippen LogP contribution in [0.25, 0.3) is 0 Å². The molecule has 1 aromatic carbocycles. The van der Waals surface area contributed by atoms with Crippen LogP contribution in [-0.4, -0.2) is 25.8 Å². The maximum Gasteiger partial charge on any atom is 0.244 e. The van der Waals surface area contributed by atoms with Crippen LogP contribution in [0.15, 0.2) is 17.0 Å². The normalized spacial score (nSPS) is 20.7. The van der Waals surface area contributed by atoms with Gasteiger partial charge >= 0.3 is 0 Å². The van der Waals surface area contributed by atoms with Gasteiger partial charge in [-0.3, -0.25) is 0 Å². The van der Waals surface area contributed by atoms with Crippen molar-refractivity contribution in [2.75, 3.05) is 13.1 Å². The van der Waals surface area contributed by atoms with E-state index in [9.17, 15) is 8.42 Å². The Hall–Kier alpha value is -0.000000000000000167. The molecular formula is C14H18Cl3NO2S. The highest BCUT2D eigenvalue weighted by Gasteiger charge is 2.31. The second kappa shape index (κ2) is 7.05. The van der Waals surface area contributed by atoms with E-state index in [0.717, 1.165) is 19.3 Å². The van der Waals surface area contributed by atoms with Gasteiger partial charge in [-0.1, -0.05) is 36.5 Å². The van der Waals surface area contributed by atoms with E-state index in [1.165, 1.54) is 10.4 Å². The molecule has 1 aliphatic rings. The minimum Gasteiger partial charge on any atom is -0.207 e. The molecule has 0 aromatic heterocycles. The molecule has 1 aliphatic heterocycles. The highest BCUT2D eigenvalue weighted by molar-refractivity contribution is 7.89. The van der Waals surface area contributed by atoms with Gasteiger partial charge < -0.3 is 0 Å². The van der Waals surface area contributed by atoms with Gasteiger partial charge in [-0.2, -0.15) is 4.31 Å². The maximum absolute atomic E-state index is 12.8. The lowest BCUT2D eigenvalue weighted by Crippen LogP contribution is -2.39. The summed E-state index contributed by atoms with van der Waals surface area (Å²) in [6.07, 6.45) is 2.93. The van der Waals surface area contributed by atoms with E-state index >= 15 is 0 Å². The molecule has 0 aliphatic carbocycles. The number of alkyl halides is 1. The summed E-state index contributed by atoms with van der Waals surface area (Å²) in [7, 11) is -3.60. The number of sulfonamides is 1. The van der Waals surface area contributed by atoms with Gasteiger partial charge in [0, 0.05) is 23.7 Å². The smallest absolute Gasteiger partial charge is 0.207 e. The molecule has 0 amide bonds. The summed E-state index contributed by atoms with van der Waals surface area (Å²) in [6, 6.07) is 3.00. The lowest BCUT2D eigenvalue weighted by Gasteiger charge is -2.31. The van der Waals surface area contributed by atoms with Gasteiger partial charge in [0.2, 0.25) is 10.0 Å². The van der Waals surface area contributed by atoms with Crippen LogP contribution in [0.3, 0.4) is 0 Å². The van der Waals surface area contributed by atoms with Crippen molar-refractivity contribution < 1.29 is 8.42 Å². The second-order valence-corrected chi connectivity index (χ2v) is 8.21. The zero-order valence-electron chi connectivity index (χ0n) is 11.8. The maximum atomic E-state index is 12.8. The standard InChI is InChI=1S/C14H18Cl3NO2S/c1-2-10-4-3-7-18(9-10)21(19,20)13-6-5-12(16)11(8-15)14(13)17/h5-6,10H,2-4,7-9H2,1H3. The summed E-state index contributed by atoms with van der Waals surface area (Å²) in [5.74, 6) is 0.491. The third kappa shape index (κ3) is 3.50. The molecule has 1 saturated heterocycles. The average molecular weight is 371 g/mol. The monoisotopic (exact) mass is 369 g/mol. The fourth-order valence-corrected chi connectivity index (χ4v) is 5.47. The molecule has 21 heavy (non-hydrogen) atoms. The molecule has 1 fully saturated rings. The number of nitrogens with zero attached hydrogens (tertiary/aromatic N) is 1. The number of rotatable bonds is 4. The van der Waals surface area contributed by atoms with Crippen LogP contribution in [0.2, 0.25) is 10.0 Å². The van der Waals surface area contributed by atoms with E-state index < -0.39 is 10.0 Å². The predicted octanol–water partition coefficient (Wildman–Crippen LogP) is 4.54. The Morgan fingerprint density at radius 2 is 2.05 bits per heavy atom. The van der Waals surface area contributed by atoms with E-state index in [1.54, 1.807) is 6.07 Å². The number of piperidine rings is 1. The van der Waals surface area contributed by atoms with Crippen LogP contribution in [0, 0.1) is 5.92 Å². The largest absolute Gasteiger partial charge is 0.244 e. The third-order valence-corrected chi connectivity index (χ3v) is 7.03. The van der Waals surface area contributed by atoms with E-state index in [1.807, 2.05) is 0 Å². The van der Waals surface area contributed by atoms with Crippen LogP contribution in [0.4, 0.5) is 0 Å². The summed E-state index contributed by atoms with van der Waals surface area (Å²) >= 11 is 18.0. The Kier molecular flexibility index (Phi) is 5.83. The van der Waals surface area contributed by atoms with Crippen LogP contribution < -0.4 is 0 Å². The van der Waals surface area contributed by atoms with Gasteiger partial charge in [0.1, 0.15) is 4.90 Å². The highest BCUT2D eigenvalue weighted by atomic mass is 35.5. The molecule has 2 rings (SSSR count). The van der Waals surface area contributed by atoms with Gasteiger partial charge in [0.05, 0.1) is 10.9 Å². The SMILES string of the molecule is CCC1CCCN(S(=O)(=O)c2ccc(Cl)c(CCl)c2Cl)C1. The van der Waals surface area contributed by atoms with Gasteiger partial charge in [-0.05, 0) is 30.9 Å². The molecule has 118 valence electrons. The van der Waals surface area contributed by atoms with E-state index in [-0.39, 0.29) is 15.8 Å². The van der Waals surface area contributed by atoms with E-state index in [2.05, 4.69) is 6.92 Å². The van der Waals surface area contributed by atoms with Crippen molar-refractivity contribution in [1.82, 2.24) is 4.31 Å². The molecule has 3 nitrogen and oxygen atoms in total. The van der Waals surface area contributed by atoms with Crippen molar-refractivity contribution >= 4 is 44.8 Å². The third-order valence-electron chi connectivity index (χ3n) is 3.96. The molecule has 1 unspecified atom stereocenters. The summed E-state index contributed by atoms with van der Waals surface area (Å²) in [5, 5.41) is 0.523. The topological polar surface area (TPSA) is 37.4 Å². The van der Waals surface area contributed by atoms with Gasteiger partial charge in [-0.15, -0.1) is 11.6 Å². The molecule has 0 spiro atoms. The first kappa shape index (κ1) is 17.4. The van der Waals surface area contributed by atoms with Gasteiger partial charge in [-0.25, -0.2) is 8.42 Å². The average Bonchev–Trinajstić information content (AvgIpc) is 2.47. The first-order chi connectivity index (χ1) is 9.91. The number of benzene rings is 1. The molecule has 0 saturated carbocycles. The van der Waals surface area contributed by atoms with Crippen LogP contribution >= 0.6 is 34.8 Å². The Labute approximate surface area is 141 Å². The zero-order chi connectivity index (χ0) is 15.6. The number of hydrogen-bond donors (Lipinski definition) is 0. The fourth-order valence-electron chi connectivity index (χ4n) is 2.62. The van der Waals surface area contributed by atoms with Crippen LogP contribution in [0.5, 0.6) is 0 Å². The van der Waals surface area contributed by atoms with Crippen molar-refractivity contribution in [3.05, 3.63) is 27.7 Å². The Bertz CT molecular complexity index is 619. The van der Waals surface area contributed by atoms with Gasteiger partial charge in [0.25, 0.3) is 0 Å². The van der Waals surface area contributed by atoms with Crippen molar-refractivity contribution in [2.45, 2.75) is 37.0 Å². The quantitative estimate of drug-likeness (QED) is 0.729. The minimum atomic E-state index is -3.60. The van der Waals surface area contributed by atoms with Crippen molar-refractivity contribution in [3.8, 4) is 0 Å². The van der Waals surface area contributed by atoms with E-state index in [4.69, 9.17) is 34.8 Å². The molecule has 0 N–H and O–H groups in total. The summed E-state index contributed by atoms with van der Waals surface area (Å²) in [4.78, 5) is 0.0981. The fraction of sp³-hybridized carbons (Fsp3) is 0.571. The number of hydrogen-bond acceptors (Lipinski definition) is 2. The summed E-state index contributed by atoms with van der Waals surface area (Å²) in [5.41, 5.74) is 0.463. The molecule has 7 heteroatoms. The van der Waals surface area contributed by atoms with Gasteiger partial charge in [0.15, 0.2) is 0 Å². The molecule has 1 atom stereocenters. The minimum absolute atomic E-state index is 0.0820. The summed E-state index contributed by atoms with van der Waals surface area (Å²) < 4.78 is 27.1. The Morgan fingerprint density at radius 1 is 1.33 bits per heavy atom. The first-order valence-corrected chi connectivity index (χ1v) is 9.67. The molecular weight excluding hydrogens is 353 g/mol. The van der Waals surface area contributed by atoms with Crippen molar-refractivity contribution in [1.29, 1.82) is 0 Å². The Morgan fingerprint density at radius 3 is 2.67 bits per heavy atom. The lowest BCUT2D eigenvalue weighted by atomic mass is 9.97.